The molecule has 1 aliphatic rings. The maximum atomic E-state index is 12.7. The van der Waals surface area contributed by atoms with Crippen LogP contribution in [0, 0.1) is 0 Å². The fourth-order valence-corrected chi connectivity index (χ4v) is 4.76. The number of methoxy groups -OCH3 is 2. The van der Waals surface area contributed by atoms with Gasteiger partial charge in [-0.2, -0.15) is 4.31 Å². The Morgan fingerprint density at radius 1 is 1.19 bits per heavy atom. The van der Waals surface area contributed by atoms with Crippen LogP contribution in [0.2, 0.25) is 0 Å². The number of piperidine rings is 1. The minimum absolute atomic E-state index is 0.0743. The minimum Gasteiger partial charge on any atom is -0.493 e. The van der Waals surface area contributed by atoms with Crippen molar-refractivity contribution in [3.05, 3.63) is 16.6 Å². The Morgan fingerprint density at radius 2 is 1.71 bits per heavy atom. The second kappa shape index (κ2) is 6.51. The number of ether oxygens (including phenoxy) is 2. The summed E-state index contributed by atoms with van der Waals surface area (Å²) >= 11 is 3.30. The maximum Gasteiger partial charge on any atom is 0.244 e. The van der Waals surface area contributed by atoms with E-state index in [1.807, 2.05) is 0 Å². The fourth-order valence-electron chi connectivity index (χ4n) is 2.29. The van der Waals surface area contributed by atoms with E-state index in [1.54, 1.807) is 6.07 Å². The van der Waals surface area contributed by atoms with Crippen LogP contribution in [0.5, 0.6) is 11.5 Å². The van der Waals surface area contributed by atoms with Gasteiger partial charge in [-0.25, -0.2) is 8.42 Å². The van der Waals surface area contributed by atoms with Crippen LogP contribution in [0.3, 0.4) is 0 Å². The van der Waals surface area contributed by atoms with E-state index in [2.05, 4.69) is 15.9 Å². The van der Waals surface area contributed by atoms with Crippen LogP contribution in [0.1, 0.15) is 12.8 Å². The van der Waals surface area contributed by atoms with Gasteiger partial charge in [0.2, 0.25) is 10.0 Å². The summed E-state index contributed by atoms with van der Waals surface area (Å²) < 4.78 is 37.7. The molecule has 1 aromatic rings. The minimum atomic E-state index is -3.58. The van der Waals surface area contributed by atoms with Gasteiger partial charge >= 0.3 is 0 Å². The number of benzene rings is 1. The van der Waals surface area contributed by atoms with Crippen molar-refractivity contribution in [2.75, 3.05) is 27.3 Å². The summed E-state index contributed by atoms with van der Waals surface area (Å²) in [6.07, 6.45) is 1.34. The average molecular weight is 379 g/mol. The molecule has 0 amide bonds. The highest BCUT2D eigenvalue weighted by atomic mass is 79.9. The smallest absolute Gasteiger partial charge is 0.244 e. The van der Waals surface area contributed by atoms with Crippen LogP contribution < -0.4 is 15.2 Å². The quantitative estimate of drug-likeness (QED) is 0.859. The third kappa shape index (κ3) is 3.33. The molecule has 1 aliphatic heterocycles. The van der Waals surface area contributed by atoms with Gasteiger partial charge in [0.15, 0.2) is 11.5 Å². The highest BCUT2D eigenvalue weighted by Crippen LogP contribution is 2.37. The number of nitrogens with zero attached hydrogens (tertiary/aromatic N) is 1. The highest BCUT2D eigenvalue weighted by Gasteiger charge is 2.30. The Bertz CT molecular complexity index is 613. The molecule has 1 heterocycles. The molecule has 1 saturated heterocycles. The molecule has 118 valence electrons. The SMILES string of the molecule is COc1cc(Br)c(S(=O)(=O)N2CCC(N)CC2)cc1OC. The molecule has 0 aliphatic carbocycles. The molecule has 0 saturated carbocycles. The fraction of sp³-hybridized carbons (Fsp3) is 0.538. The van der Waals surface area contributed by atoms with Crippen LogP contribution in [-0.4, -0.2) is 46.1 Å². The van der Waals surface area contributed by atoms with Crippen molar-refractivity contribution in [2.24, 2.45) is 5.73 Å². The van der Waals surface area contributed by atoms with Crippen molar-refractivity contribution in [1.29, 1.82) is 0 Å². The zero-order chi connectivity index (χ0) is 15.6. The number of hydrogen-bond acceptors (Lipinski definition) is 5. The van der Waals surface area contributed by atoms with Crippen molar-refractivity contribution in [3.8, 4) is 11.5 Å². The van der Waals surface area contributed by atoms with Gasteiger partial charge in [0, 0.05) is 29.7 Å². The topological polar surface area (TPSA) is 81.9 Å². The normalized spacial score (nSPS) is 17.7. The zero-order valence-electron chi connectivity index (χ0n) is 12.0. The predicted octanol–water partition coefficient (Wildman–Crippen LogP) is 1.58. The van der Waals surface area contributed by atoms with Crippen molar-refractivity contribution in [3.63, 3.8) is 0 Å². The summed E-state index contributed by atoms with van der Waals surface area (Å²) in [6.45, 7) is 0.870. The summed E-state index contributed by atoms with van der Waals surface area (Å²) in [6, 6.07) is 3.15. The summed E-state index contributed by atoms with van der Waals surface area (Å²) in [5.74, 6) is 0.858. The van der Waals surface area contributed by atoms with E-state index in [0.29, 0.717) is 41.9 Å². The predicted molar refractivity (Wildman–Crippen MR) is 83.2 cm³/mol. The first-order chi connectivity index (χ1) is 9.90. The summed E-state index contributed by atoms with van der Waals surface area (Å²) in [7, 11) is -0.600. The lowest BCUT2D eigenvalue weighted by Gasteiger charge is -2.29. The van der Waals surface area contributed by atoms with Crippen LogP contribution >= 0.6 is 15.9 Å². The van der Waals surface area contributed by atoms with Gasteiger partial charge in [0.25, 0.3) is 0 Å². The van der Waals surface area contributed by atoms with Gasteiger partial charge in [-0.3, -0.25) is 0 Å². The van der Waals surface area contributed by atoms with Gasteiger partial charge in [-0.15, -0.1) is 0 Å². The Hall–Kier alpha value is -0.830. The number of rotatable bonds is 4. The van der Waals surface area contributed by atoms with E-state index in [9.17, 15) is 8.42 Å². The number of nitrogens with two attached hydrogens (primary N) is 1. The first kappa shape index (κ1) is 16.5. The van der Waals surface area contributed by atoms with E-state index in [-0.39, 0.29) is 10.9 Å². The Kier molecular flexibility index (Phi) is 5.13. The average Bonchev–Trinajstić information content (AvgIpc) is 2.47. The second-order valence-electron chi connectivity index (χ2n) is 4.88. The standard InChI is InChI=1S/C13H19BrN2O4S/c1-19-11-7-10(14)13(8-12(11)20-2)21(17,18)16-5-3-9(15)4-6-16/h7-9H,3-6,15H2,1-2H3. The molecular formula is C13H19BrN2O4S. The van der Waals surface area contributed by atoms with Crippen molar-refractivity contribution >= 4 is 26.0 Å². The number of sulfonamides is 1. The Balaban J connectivity index is 2.40. The molecule has 2 N–H and O–H groups in total. The van der Waals surface area contributed by atoms with Crippen LogP contribution in [0.15, 0.2) is 21.5 Å². The molecule has 0 unspecified atom stereocenters. The zero-order valence-corrected chi connectivity index (χ0v) is 14.4. The van der Waals surface area contributed by atoms with Crippen LogP contribution in [-0.2, 0) is 10.0 Å². The second-order valence-corrected chi connectivity index (χ2v) is 7.64. The molecule has 8 heteroatoms. The van der Waals surface area contributed by atoms with E-state index in [4.69, 9.17) is 15.2 Å². The molecule has 0 radical (unpaired) electrons. The molecule has 0 atom stereocenters. The molecule has 6 nitrogen and oxygen atoms in total. The van der Waals surface area contributed by atoms with Crippen molar-refractivity contribution in [2.45, 2.75) is 23.8 Å². The molecule has 0 spiro atoms. The third-order valence-electron chi connectivity index (χ3n) is 3.55. The van der Waals surface area contributed by atoms with E-state index in [0.717, 1.165) is 0 Å². The lowest BCUT2D eigenvalue weighted by atomic mass is 10.1. The molecule has 0 aromatic heterocycles. The summed E-state index contributed by atoms with van der Waals surface area (Å²) in [4.78, 5) is 0.177. The molecule has 1 aromatic carbocycles. The molecule has 21 heavy (non-hydrogen) atoms. The van der Waals surface area contributed by atoms with Gasteiger partial charge in [-0.05, 0) is 34.8 Å². The van der Waals surface area contributed by atoms with Crippen LogP contribution in [0.4, 0.5) is 0 Å². The van der Waals surface area contributed by atoms with Gasteiger partial charge in [0.1, 0.15) is 4.90 Å². The first-order valence-electron chi connectivity index (χ1n) is 6.57. The Morgan fingerprint density at radius 3 is 2.24 bits per heavy atom. The Labute approximate surface area is 133 Å². The molecule has 2 rings (SSSR count). The number of hydrogen-bond donors (Lipinski definition) is 1. The van der Waals surface area contributed by atoms with Crippen LogP contribution in [0.25, 0.3) is 0 Å². The first-order valence-corrected chi connectivity index (χ1v) is 8.80. The summed E-state index contributed by atoms with van der Waals surface area (Å²) in [5.41, 5.74) is 5.83. The molecule has 1 fully saturated rings. The molecule has 0 bridgehead atoms. The monoisotopic (exact) mass is 378 g/mol. The lowest BCUT2D eigenvalue weighted by molar-refractivity contribution is 0.319. The lowest BCUT2D eigenvalue weighted by Crippen LogP contribution is -2.42. The maximum absolute atomic E-state index is 12.7. The van der Waals surface area contributed by atoms with E-state index >= 15 is 0 Å². The number of halogens is 1. The van der Waals surface area contributed by atoms with Gasteiger partial charge < -0.3 is 15.2 Å². The van der Waals surface area contributed by atoms with Gasteiger partial charge in [-0.1, -0.05) is 0 Å². The molecular weight excluding hydrogens is 360 g/mol. The summed E-state index contributed by atoms with van der Waals surface area (Å²) in [5, 5.41) is 0. The van der Waals surface area contributed by atoms with Crippen molar-refractivity contribution in [1.82, 2.24) is 4.31 Å². The van der Waals surface area contributed by atoms with Crippen molar-refractivity contribution < 1.29 is 17.9 Å². The van der Waals surface area contributed by atoms with E-state index in [1.165, 1.54) is 24.6 Å². The third-order valence-corrected chi connectivity index (χ3v) is 6.41. The largest absolute Gasteiger partial charge is 0.493 e. The van der Waals surface area contributed by atoms with E-state index < -0.39 is 10.0 Å². The van der Waals surface area contributed by atoms with Gasteiger partial charge in [0.05, 0.1) is 14.2 Å². The highest BCUT2D eigenvalue weighted by molar-refractivity contribution is 9.10.